The molecule has 0 bridgehead atoms. The minimum absolute atomic E-state index is 0.229. The number of nitrogens with one attached hydrogen (secondary N) is 1. The molecule has 1 N–H and O–H groups in total. The zero-order valence-electron chi connectivity index (χ0n) is 9.00. The maximum atomic E-state index is 5.85. The van der Waals surface area contributed by atoms with Crippen molar-refractivity contribution >= 4 is 0 Å². The average molecular weight is 195 g/mol. The zero-order chi connectivity index (χ0) is 10.2. The van der Waals surface area contributed by atoms with E-state index in [4.69, 9.17) is 4.74 Å². The summed E-state index contributed by atoms with van der Waals surface area (Å²) in [7, 11) is 2.12. The topological polar surface area (TPSA) is 41.2 Å². The molecule has 78 valence electrons. The lowest BCUT2D eigenvalue weighted by Gasteiger charge is -2.38. The summed E-state index contributed by atoms with van der Waals surface area (Å²) in [6.45, 7) is 6.87. The van der Waals surface area contributed by atoms with Crippen molar-refractivity contribution in [3.63, 3.8) is 0 Å². The van der Waals surface area contributed by atoms with Gasteiger partial charge in [0.15, 0.2) is 0 Å². The maximum Gasteiger partial charge on any atom is 0.119 e. The summed E-state index contributed by atoms with van der Waals surface area (Å²) in [6, 6.07) is 0. The highest BCUT2D eigenvalue weighted by molar-refractivity contribution is 5.21. The molecule has 4 nitrogen and oxygen atoms in total. The molecule has 1 atom stereocenters. The number of aromatic nitrogens is 2. The maximum absolute atomic E-state index is 5.85. The van der Waals surface area contributed by atoms with Crippen molar-refractivity contribution in [1.29, 1.82) is 0 Å². The van der Waals surface area contributed by atoms with Crippen LogP contribution < -0.4 is 0 Å². The third-order valence-corrected chi connectivity index (χ3v) is 2.82. The fraction of sp³-hybridized carbons (Fsp3) is 0.700. The summed E-state index contributed by atoms with van der Waals surface area (Å²) in [5.74, 6) is 0. The van der Waals surface area contributed by atoms with E-state index in [1.54, 1.807) is 0 Å². The second-order valence-corrected chi connectivity index (χ2v) is 4.25. The quantitative estimate of drug-likeness (QED) is 0.723. The molecular formula is C10H17N3O. The molecule has 0 radical (unpaired) electrons. The lowest BCUT2D eigenvalue weighted by Crippen LogP contribution is -2.46. The number of ether oxygens (including phenoxy) is 1. The number of likely N-dealkylation sites (N-methyl/N-ethyl adjacent to an activating group) is 1. The molecular weight excluding hydrogens is 178 g/mol. The Kier molecular flexibility index (Phi) is 2.33. The highest BCUT2D eigenvalue weighted by atomic mass is 16.5. The Hall–Kier alpha value is -0.870. The third kappa shape index (κ3) is 1.55. The number of morpholine rings is 1. The molecule has 0 unspecified atom stereocenters. The minimum Gasteiger partial charge on any atom is -0.366 e. The number of aryl methyl sites for hydroxylation is 1. The first-order chi connectivity index (χ1) is 6.62. The molecule has 0 spiro atoms. The predicted molar refractivity (Wildman–Crippen MR) is 54.1 cm³/mol. The molecule has 0 aliphatic carbocycles. The van der Waals surface area contributed by atoms with Gasteiger partial charge >= 0.3 is 0 Å². The van der Waals surface area contributed by atoms with E-state index in [1.807, 2.05) is 6.20 Å². The van der Waals surface area contributed by atoms with Gasteiger partial charge in [0.25, 0.3) is 0 Å². The van der Waals surface area contributed by atoms with E-state index in [0.717, 1.165) is 25.4 Å². The van der Waals surface area contributed by atoms with Gasteiger partial charge in [-0.2, -0.15) is 5.10 Å². The molecule has 1 saturated heterocycles. The van der Waals surface area contributed by atoms with Gasteiger partial charge in [0.05, 0.1) is 18.5 Å². The number of hydrogen-bond acceptors (Lipinski definition) is 3. The Morgan fingerprint density at radius 3 is 3.00 bits per heavy atom. The Balaban J connectivity index is 2.27. The number of rotatable bonds is 1. The van der Waals surface area contributed by atoms with E-state index in [-0.39, 0.29) is 5.60 Å². The summed E-state index contributed by atoms with van der Waals surface area (Å²) in [5, 5.41) is 7.08. The van der Waals surface area contributed by atoms with Gasteiger partial charge in [0.2, 0.25) is 0 Å². The molecule has 14 heavy (non-hydrogen) atoms. The third-order valence-electron chi connectivity index (χ3n) is 2.82. The van der Waals surface area contributed by atoms with Crippen molar-refractivity contribution < 1.29 is 4.74 Å². The van der Waals surface area contributed by atoms with E-state index in [2.05, 4.69) is 36.0 Å². The lowest BCUT2D eigenvalue weighted by molar-refractivity contribution is -0.0991. The van der Waals surface area contributed by atoms with Crippen molar-refractivity contribution in [2.75, 3.05) is 26.7 Å². The van der Waals surface area contributed by atoms with Gasteiger partial charge in [-0.15, -0.1) is 0 Å². The molecule has 2 rings (SSSR count). The summed E-state index contributed by atoms with van der Waals surface area (Å²) in [4.78, 5) is 2.28. The van der Waals surface area contributed by atoms with Crippen LogP contribution in [0.15, 0.2) is 6.20 Å². The van der Waals surface area contributed by atoms with Crippen molar-refractivity contribution in [3.8, 4) is 0 Å². The second-order valence-electron chi connectivity index (χ2n) is 4.25. The van der Waals surface area contributed by atoms with Crippen LogP contribution in [0.2, 0.25) is 0 Å². The molecule has 1 aliphatic heterocycles. The highest BCUT2D eigenvalue weighted by Gasteiger charge is 2.34. The molecule has 1 aromatic heterocycles. The molecule has 1 fully saturated rings. The predicted octanol–water partition coefficient (Wildman–Crippen LogP) is 0.895. The van der Waals surface area contributed by atoms with Crippen LogP contribution in [0.1, 0.15) is 18.2 Å². The Morgan fingerprint density at radius 2 is 2.43 bits per heavy atom. The first-order valence-corrected chi connectivity index (χ1v) is 4.95. The molecule has 4 heteroatoms. The summed E-state index contributed by atoms with van der Waals surface area (Å²) < 4.78 is 5.85. The van der Waals surface area contributed by atoms with E-state index in [1.165, 1.54) is 5.56 Å². The van der Waals surface area contributed by atoms with E-state index in [0.29, 0.717) is 0 Å². The van der Waals surface area contributed by atoms with Crippen LogP contribution in [0, 0.1) is 6.92 Å². The minimum atomic E-state index is -0.229. The number of nitrogens with zero attached hydrogens (tertiary/aromatic N) is 2. The summed E-state index contributed by atoms with van der Waals surface area (Å²) in [6.07, 6.45) is 1.85. The number of hydrogen-bond donors (Lipinski definition) is 1. The van der Waals surface area contributed by atoms with Gasteiger partial charge in [-0.25, -0.2) is 0 Å². The van der Waals surface area contributed by atoms with Gasteiger partial charge in [-0.3, -0.25) is 5.10 Å². The van der Waals surface area contributed by atoms with Crippen LogP contribution in [0.25, 0.3) is 0 Å². The normalized spacial score (nSPS) is 29.4. The van der Waals surface area contributed by atoms with Crippen LogP contribution in [0.3, 0.4) is 0 Å². The van der Waals surface area contributed by atoms with Crippen LogP contribution in [-0.2, 0) is 10.3 Å². The zero-order valence-corrected chi connectivity index (χ0v) is 9.00. The largest absolute Gasteiger partial charge is 0.366 e. The average Bonchev–Trinajstić information content (AvgIpc) is 2.51. The number of H-pyrrole nitrogens is 1. The van der Waals surface area contributed by atoms with Crippen LogP contribution >= 0.6 is 0 Å². The van der Waals surface area contributed by atoms with Gasteiger partial charge in [0, 0.05) is 13.1 Å². The molecule has 0 saturated carbocycles. The molecule has 0 aromatic carbocycles. The van der Waals surface area contributed by atoms with Crippen LogP contribution in [0.5, 0.6) is 0 Å². The van der Waals surface area contributed by atoms with Gasteiger partial charge in [-0.1, -0.05) is 0 Å². The summed E-state index contributed by atoms with van der Waals surface area (Å²) in [5.41, 5.74) is 2.04. The van der Waals surface area contributed by atoms with E-state index < -0.39 is 0 Å². The second kappa shape index (κ2) is 3.37. The van der Waals surface area contributed by atoms with Crippen LogP contribution in [0.4, 0.5) is 0 Å². The van der Waals surface area contributed by atoms with Gasteiger partial charge in [-0.05, 0) is 26.5 Å². The molecule has 1 aromatic rings. The molecule has 1 aliphatic rings. The number of aromatic amines is 1. The van der Waals surface area contributed by atoms with Crippen molar-refractivity contribution in [2.24, 2.45) is 0 Å². The van der Waals surface area contributed by atoms with Crippen molar-refractivity contribution in [2.45, 2.75) is 19.4 Å². The smallest absolute Gasteiger partial charge is 0.119 e. The fourth-order valence-electron chi connectivity index (χ4n) is 2.10. The SMILES string of the molecule is Cc1cn[nH]c1[C@@]1(C)CN(C)CCO1. The van der Waals surface area contributed by atoms with Crippen molar-refractivity contribution in [3.05, 3.63) is 17.5 Å². The first-order valence-electron chi connectivity index (χ1n) is 4.95. The fourth-order valence-corrected chi connectivity index (χ4v) is 2.10. The lowest BCUT2D eigenvalue weighted by atomic mass is 9.97. The monoisotopic (exact) mass is 195 g/mol. The van der Waals surface area contributed by atoms with Crippen molar-refractivity contribution in [1.82, 2.24) is 15.1 Å². The Morgan fingerprint density at radius 1 is 1.64 bits per heavy atom. The summed E-state index contributed by atoms with van der Waals surface area (Å²) >= 11 is 0. The van der Waals surface area contributed by atoms with Gasteiger partial charge in [0.1, 0.15) is 5.60 Å². The Labute approximate surface area is 84.3 Å². The highest BCUT2D eigenvalue weighted by Crippen LogP contribution is 2.29. The van der Waals surface area contributed by atoms with Crippen LogP contribution in [-0.4, -0.2) is 41.8 Å². The first kappa shape index (κ1) is 9.68. The molecule has 2 heterocycles. The van der Waals surface area contributed by atoms with E-state index in [9.17, 15) is 0 Å². The standard InChI is InChI=1S/C10H17N3O/c1-8-6-11-12-9(8)10(2)7-13(3)4-5-14-10/h6H,4-5,7H2,1-3H3,(H,11,12)/t10-/m1/s1. The van der Waals surface area contributed by atoms with E-state index >= 15 is 0 Å². The van der Waals surface area contributed by atoms with Gasteiger partial charge < -0.3 is 9.64 Å². The molecule has 0 amide bonds. The Bertz CT molecular complexity index is 323.